The highest BCUT2D eigenvalue weighted by molar-refractivity contribution is 5.97. The van der Waals surface area contributed by atoms with Gasteiger partial charge in [0.1, 0.15) is 5.69 Å². The van der Waals surface area contributed by atoms with Crippen molar-refractivity contribution in [1.29, 1.82) is 0 Å². The van der Waals surface area contributed by atoms with Gasteiger partial charge in [-0.2, -0.15) is 0 Å². The molecule has 0 bridgehead atoms. The number of fused-ring (bicyclic) bond motifs is 1. The summed E-state index contributed by atoms with van der Waals surface area (Å²) in [5.74, 6) is -0.145. The number of carbonyl (C=O) groups is 1. The number of hydrogen-bond donors (Lipinski definition) is 1. The number of amides is 1. The van der Waals surface area contributed by atoms with E-state index in [4.69, 9.17) is 4.74 Å². The fourth-order valence-corrected chi connectivity index (χ4v) is 3.21. The Morgan fingerprint density at radius 3 is 2.96 bits per heavy atom. The number of rotatable bonds is 4. The van der Waals surface area contributed by atoms with Gasteiger partial charge in [0, 0.05) is 18.7 Å². The van der Waals surface area contributed by atoms with Crippen LogP contribution >= 0.6 is 0 Å². The smallest absolute Gasteiger partial charge is 0.272 e. The minimum absolute atomic E-state index is 0.0324. The Morgan fingerprint density at radius 1 is 1.50 bits per heavy atom. The molecule has 1 amide bonds. The van der Waals surface area contributed by atoms with Crippen LogP contribution in [0.2, 0.25) is 0 Å². The van der Waals surface area contributed by atoms with E-state index in [2.05, 4.69) is 10.3 Å². The summed E-state index contributed by atoms with van der Waals surface area (Å²) in [6.45, 7) is 6.91. The van der Waals surface area contributed by atoms with Crippen LogP contribution in [0.25, 0.3) is 11.0 Å². The van der Waals surface area contributed by atoms with E-state index in [9.17, 15) is 9.59 Å². The molecule has 1 aliphatic rings. The van der Waals surface area contributed by atoms with Gasteiger partial charge in [-0.1, -0.05) is 0 Å². The largest absolute Gasteiger partial charge is 0.376 e. The molecule has 2 atom stereocenters. The maximum Gasteiger partial charge on any atom is 0.272 e. The molecule has 0 saturated carbocycles. The first-order valence-electron chi connectivity index (χ1n) is 8.45. The molecular weight excluding hydrogens is 306 g/mol. The standard InChI is InChI=1S/C18H23N3O3/c1-4-21-15-8-7-13(10-14(15)19-12(3)18(21)23)17(22)20-11(2)16-6-5-9-24-16/h7-8,10-11,16H,4-6,9H2,1-3H3,(H,20,22)/t11-,16+/m0/s1. The summed E-state index contributed by atoms with van der Waals surface area (Å²) >= 11 is 0. The molecule has 24 heavy (non-hydrogen) atoms. The molecule has 1 N–H and O–H groups in total. The van der Waals surface area contributed by atoms with Gasteiger partial charge in [-0.3, -0.25) is 9.59 Å². The second-order valence-electron chi connectivity index (χ2n) is 6.26. The number of benzene rings is 1. The molecule has 128 valence electrons. The third kappa shape index (κ3) is 3.06. The minimum Gasteiger partial charge on any atom is -0.376 e. The SMILES string of the molecule is CCn1c(=O)c(C)nc2cc(C(=O)N[C@@H](C)[C@H]3CCCO3)ccc21. The summed E-state index contributed by atoms with van der Waals surface area (Å²) in [7, 11) is 0. The number of aryl methyl sites for hydroxylation is 2. The van der Waals surface area contributed by atoms with Gasteiger partial charge in [-0.15, -0.1) is 0 Å². The number of hydrogen-bond acceptors (Lipinski definition) is 4. The number of nitrogens with one attached hydrogen (secondary N) is 1. The van der Waals surface area contributed by atoms with Crippen LogP contribution in [0.5, 0.6) is 0 Å². The Morgan fingerprint density at radius 2 is 2.29 bits per heavy atom. The molecular formula is C18H23N3O3. The summed E-state index contributed by atoms with van der Waals surface area (Å²) in [6.07, 6.45) is 2.10. The first-order valence-corrected chi connectivity index (χ1v) is 8.45. The molecule has 1 saturated heterocycles. The third-order valence-electron chi connectivity index (χ3n) is 4.57. The fraction of sp³-hybridized carbons (Fsp3) is 0.500. The summed E-state index contributed by atoms with van der Waals surface area (Å²) in [6, 6.07) is 5.24. The zero-order valence-corrected chi connectivity index (χ0v) is 14.3. The molecule has 1 aromatic carbocycles. The van der Waals surface area contributed by atoms with Gasteiger partial charge in [-0.05, 0) is 51.8 Å². The van der Waals surface area contributed by atoms with Gasteiger partial charge in [0.25, 0.3) is 11.5 Å². The zero-order valence-electron chi connectivity index (χ0n) is 14.3. The molecule has 1 aliphatic heterocycles. The van der Waals surface area contributed by atoms with Crippen LogP contribution in [0, 0.1) is 6.92 Å². The van der Waals surface area contributed by atoms with Crippen molar-refractivity contribution >= 4 is 16.9 Å². The van der Waals surface area contributed by atoms with Crippen LogP contribution in [0.15, 0.2) is 23.0 Å². The molecule has 0 unspecified atom stereocenters. The van der Waals surface area contributed by atoms with E-state index >= 15 is 0 Å². The summed E-state index contributed by atoms with van der Waals surface area (Å²) < 4.78 is 7.29. The van der Waals surface area contributed by atoms with Crippen molar-refractivity contribution in [2.45, 2.75) is 52.3 Å². The van der Waals surface area contributed by atoms with Crippen molar-refractivity contribution in [1.82, 2.24) is 14.9 Å². The Hall–Kier alpha value is -2.21. The van der Waals surface area contributed by atoms with Crippen LogP contribution in [0.4, 0.5) is 0 Å². The van der Waals surface area contributed by atoms with Crippen molar-refractivity contribution in [3.05, 3.63) is 39.8 Å². The summed E-state index contributed by atoms with van der Waals surface area (Å²) in [5, 5.41) is 3.00. The van der Waals surface area contributed by atoms with Gasteiger partial charge in [0.2, 0.25) is 0 Å². The van der Waals surface area contributed by atoms with Gasteiger partial charge in [-0.25, -0.2) is 4.98 Å². The van der Waals surface area contributed by atoms with E-state index in [1.54, 1.807) is 29.7 Å². The molecule has 6 heteroatoms. The van der Waals surface area contributed by atoms with Crippen molar-refractivity contribution in [3.8, 4) is 0 Å². The Bertz CT molecular complexity index is 822. The number of aromatic nitrogens is 2. The van der Waals surface area contributed by atoms with Crippen LogP contribution < -0.4 is 10.9 Å². The van der Waals surface area contributed by atoms with Crippen molar-refractivity contribution < 1.29 is 9.53 Å². The lowest BCUT2D eigenvalue weighted by Gasteiger charge is -2.20. The average molecular weight is 329 g/mol. The Kier molecular flexibility index (Phi) is 4.66. The number of ether oxygens (including phenoxy) is 1. The molecule has 3 rings (SSSR count). The average Bonchev–Trinajstić information content (AvgIpc) is 3.10. The molecule has 0 aliphatic carbocycles. The van der Waals surface area contributed by atoms with E-state index in [1.807, 2.05) is 13.8 Å². The quantitative estimate of drug-likeness (QED) is 0.931. The lowest BCUT2D eigenvalue weighted by molar-refractivity contribution is 0.0712. The molecule has 0 spiro atoms. The van der Waals surface area contributed by atoms with E-state index in [-0.39, 0.29) is 23.6 Å². The van der Waals surface area contributed by atoms with E-state index < -0.39 is 0 Å². The normalized spacial score (nSPS) is 18.7. The molecule has 6 nitrogen and oxygen atoms in total. The maximum atomic E-state index is 12.5. The summed E-state index contributed by atoms with van der Waals surface area (Å²) in [4.78, 5) is 29.0. The number of carbonyl (C=O) groups excluding carboxylic acids is 1. The third-order valence-corrected chi connectivity index (χ3v) is 4.57. The molecule has 0 radical (unpaired) electrons. The predicted octanol–water partition coefficient (Wildman–Crippen LogP) is 2.02. The van der Waals surface area contributed by atoms with Gasteiger partial charge < -0.3 is 14.6 Å². The van der Waals surface area contributed by atoms with E-state index in [0.717, 1.165) is 25.0 Å². The molecule has 1 fully saturated rings. The maximum absolute atomic E-state index is 12.5. The zero-order chi connectivity index (χ0) is 17.3. The minimum atomic E-state index is -0.145. The highest BCUT2D eigenvalue weighted by Crippen LogP contribution is 2.17. The molecule has 2 aromatic rings. The monoisotopic (exact) mass is 329 g/mol. The highest BCUT2D eigenvalue weighted by atomic mass is 16.5. The van der Waals surface area contributed by atoms with Gasteiger partial charge in [0.15, 0.2) is 0 Å². The molecule has 2 heterocycles. The van der Waals surface area contributed by atoms with Crippen molar-refractivity contribution in [3.63, 3.8) is 0 Å². The Labute approximate surface area is 140 Å². The van der Waals surface area contributed by atoms with E-state index in [1.165, 1.54) is 0 Å². The van der Waals surface area contributed by atoms with Crippen LogP contribution in [-0.4, -0.2) is 34.2 Å². The van der Waals surface area contributed by atoms with Crippen molar-refractivity contribution in [2.24, 2.45) is 0 Å². The second kappa shape index (κ2) is 6.73. The second-order valence-corrected chi connectivity index (χ2v) is 6.26. The lowest BCUT2D eigenvalue weighted by Crippen LogP contribution is -2.40. The molecule has 1 aromatic heterocycles. The van der Waals surface area contributed by atoms with Gasteiger partial charge >= 0.3 is 0 Å². The summed E-state index contributed by atoms with van der Waals surface area (Å²) in [5.41, 5.74) is 2.30. The first kappa shape index (κ1) is 16.6. The van der Waals surface area contributed by atoms with Crippen LogP contribution in [-0.2, 0) is 11.3 Å². The number of nitrogens with zero attached hydrogens (tertiary/aromatic N) is 2. The van der Waals surface area contributed by atoms with Crippen LogP contribution in [0.1, 0.15) is 42.7 Å². The lowest BCUT2D eigenvalue weighted by atomic mass is 10.1. The fourth-order valence-electron chi connectivity index (χ4n) is 3.21. The topological polar surface area (TPSA) is 73.2 Å². The Balaban J connectivity index is 1.88. The predicted molar refractivity (Wildman–Crippen MR) is 92.3 cm³/mol. The van der Waals surface area contributed by atoms with Crippen LogP contribution in [0.3, 0.4) is 0 Å². The van der Waals surface area contributed by atoms with Crippen molar-refractivity contribution in [2.75, 3.05) is 6.61 Å². The van der Waals surface area contributed by atoms with E-state index in [0.29, 0.717) is 23.3 Å². The highest BCUT2D eigenvalue weighted by Gasteiger charge is 2.24. The van der Waals surface area contributed by atoms with Gasteiger partial charge in [0.05, 0.1) is 23.2 Å². The first-order chi connectivity index (χ1) is 11.5.